The molecule has 2 aliphatic carbocycles. The number of nitrogens with one attached hydrogen (secondary N) is 1. The van der Waals surface area contributed by atoms with Crippen LogP contribution in [-0.4, -0.2) is 19.1 Å². The van der Waals surface area contributed by atoms with Gasteiger partial charge in [-0.1, -0.05) is 12.5 Å². The van der Waals surface area contributed by atoms with Crippen molar-refractivity contribution in [1.82, 2.24) is 5.32 Å². The third-order valence-electron chi connectivity index (χ3n) is 5.02. The average Bonchev–Trinajstić information content (AvgIpc) is 3.02. The summed E-state index contributed by atoms with van der Waals surface area (Å²) in [5, 5.41) is 2.88. The third kappa shape index (κ3) is 1.91. The quantitative estimate of drug-likeness (QED) is 0.850. The molecule has 0 saturated heterocycles. The van der Waals surface area contributed by atoms with Crippen LogP contribution in [-0.2, 0) is 0 Å². The lowest BCUT2D eigenvalue weighted by Crippen LogP contribution is -2.24. The van der Waals surface area contributed by atoms with E-state index in [-0.39, 0.29) is 11.3 Å². The van der Waals surface area contributed by atoms with Crippen molar-refractivity contribution in [3.8, 4) is 5.75 Å². The van der Waals surface area contributed by atoms with Gasteiger partial charge in [-0.05, 0) is 48.3 Å². The van der Waals surface area contributed by atoms with Crippen LogP contribution in [0.25, 0.3) is 0 Å². The zero-order valence-electron chi connectivity index (χ0n) is 11.3. The van der Waals surface area contributed by atoms with E-state index in [1.54, 1.807) is 0 Å². The lowest BCUT2D eigenvalue weighted by atomic mass is 10.00. The summed E-state index contributed by atoms with van der Waals surface area (Å²) in [7, 11) is 0. The molecule has 3 aliphatic rings. The second-order valence-electron chi connectivity index (χ2n) is 6.10. The lowest BCUT2D eigenvalue weighted by molar-refractivity contribution is 0.0957. The van der Waals surface area contributed by atoms with Gasteiger partial charge in [0.1, 0.15) is 12.4 Å². The maximum Gasteiger partial charge on any atom is 0.255 e. The molecule has 3 nitrogen and oxygen atoms in total. The van der Waals surface area contributed by atoms with Gasteiger partial charge in [-0.3, -0.25) is 4.79 Å². The molecule has 1 heterocycles. The standard InChI is InChI=1S/C16H18ClNO2/c17-15(14-10-2-1-3-11(10)14)9-4-5-13-12(8-9)16(19)18-6-7-20-13/h4-5,8,10-11,14-15H,1-3,6-7H2,(H,18,19). The van der Waals surface area contributed by atoms with Crippen molar-refractivity contribution in [2.45, 2.75) is 24.6 Å². The van der Waals surface area contributed by atoms with E-state index in [1.807, 2.05) is 18.2 Å². The van der Waals surface area contributed by atoms with Crippen molar-refractivity contribution in [2.24, 2.45) is 17.8 Å². The number of hydrogen-bond donors (Lipinski definition) is 1. The maximum absolute atomic E-state index is 12.0. The molecule has 0 bridgehead atoms. The van der Waals surface area contributed by atoms with Gasteiger partial charge in [0.25, 0.3) is 5.91 Å². The average molecular weight is 292 g/mol. The van der Waals surface area contributed by atoms with Crippen molar-refractivity contribution >= 4 is 17.5 Å². The lowest BCUT2D eigenvalue weighted by Gasteiger charge is -2.14. The van der Waals surface area contributed by atoms with E-state index in [1.165, 1.54) is 19.3 Å². The molecule has 0 spiro atoms. The number of hydrogen-bond acceptors (Lipinski definition) is 2. The molecule has 1 aliphatic heterocycles. The molecule has 3 atom stereocenters. The largest absolute Gasteiger partial charge is 0.491 e. The van der Waals surface area contributed by atoms with Gasteiger partial charge >= 0.3 is 0 Å². The van der Waals surface area contributed by atoms with E-state index < -0.39 is 0 Å². The predicted octanol–water partition coefficient (Wildman–Crippen LogP) is 3.13. The van der Waals surface area contributed by atoms with Crippen molar-refractivity contribution in [1.29, 1.82) is 0 Å². The Balaban J connectivity index is 1.61. The minimum atomic E-state index is -0.0563. The molecule has 1 aromatic rings. The van der Waals surface area contributed by atoms with Crippen LogP contribution in [0.2, 0.25) is 0 Å². The van der Waals surface area contributed by atoms with Crippen molar-refractivity contribution in [2.75, 3.05) is 13.2 Å². The van der Waals surface area contributed by atoms with E-state index in [2.05, 4.69) is 5.32 Å². The van der Waals surface area contributed by atoms with Crippen molar-refractivity contribution in [3.63, 3.8) is 0 Å². The predicted molar refractivity (Wildman–Crippen MR) is 77.2 cm³/mol. The summed E-state index contributed by atoms with van der Waals surface area (Å²) in [6.07, 6.45) is 4.01. The Hall–Kier alpha value is -1.22. The first kappa shape index (κ1) is 12.5. The summed E-state index contributed by atoms with van der Waals surface area (Å²) in [6.45, 7) is 1.08. The number of halogens is 1. The maximum atomic E-state index is 12.0. The fraction of sp³-hybridized carbons (Fsp3) is 0.562. The molecule has 2 saturated carbocycles. The Bertz CT molecular complexity index is 549. The molecule has 20 heavy (non-hydrogen) atoms. The molecule has 3 unspecified atom stereocenters. The highest BCUT2D eigenvalue weighted by Gasteiger charge is 2.55. The summed E-state index contributed by atoms with van der Waals surface area (Å²) in [5.41, 5.74) is 1.68. The minimum Gasteiger partial charge on any atom is -0.491 e. The fourth-order valence-corrected chi connectivity index (χ4v) is 4.49. The normalized spacial score (nSPS) is 32.5. The molecule has 1 amide bonds. The van der Waals surface area contributed by atoms with Crippen LogP contribution in [0.5, 0.6) is 5.75 Å². The summed E-state index contributed by atoms with van der Waals surface area (Å²) < 4.78 is 5.58. The SMILES string of the molecule is O=C1NCCOc2ccc(C(Cl)C3C4CCCC43)cc21. The minimum absolute atomic E-state index is 0.0339. The van der Waals surface area contributed by atoms with E-state index in [0.717, 1.165) is 17.4 Å². The zero-order chi connectivity index (χ0) is 13.7. The fourth-order valence-electron chi connectivity index (χ4n) is 3.98. The molecule has 1 aromatic carbocycles. The van der Waals surface area contributed by atoms with Crippen LogP contribution in [0.3, 0.4) is 0 Å². The highest BCUT2D eigenvalue weighted by atomic mass is 35.5. The van der Waals surface area contributed by atoms with E-state index >= 15 is 0 Å². The Morgan fingerprint density at radius 3 is 2.90 bits per heavy atom. The third-order valence-corrected chi connectivity index (χ3v) is 5.57. The van der Waals surface area contributed by atoms with Gasteiger partial charge in [0.05, 0.1) is 17.5 Å². The monoisotopic (exact) mass is 291 g/mol. The van der Waals surface area contributed by atoms with Gasteiger partial charge in [-0.15, -0.1) is 11.6 Å². The molecule has 2 fully saturated rings. The number of alkyl halides is 1. The number of amides is 1. The molecular formula is C16H18ClNO2. The first-order chi connectivity index (χ1) is 9.75. The van der Waals surface area contributed by atoms with Gasteiger partial charge < -0.3 is 10.1 Å². The molecule has 106 valence electrons. The number of carbonyl (C=O) groups excluding carboxylic acids is 1. The van der Waals surface area contributed by atoms with E-state index in [0.29, 0.717) is 30.4 Å². The van der Waals surface area contributed by atoms with Crippen molar-refractivity contribution < 1.29 is 9.53 Å². The Morgan fingerprint density at radius 2 is 2.10 bits per heavy atom. The van der Waals surface area contributed by atoms with Crippen LogP contribution in [0.4, 0.5) is 0 Å². The second kappa shape index (κ2) is 4.66. The highest BCUT2D eigenvalue weighted by molar-refractivity contribution is 6.21. The first-order valence-electron chi connectivity index (χ1n) is 7.45. The van der Waals surface area contributed by atoms with Crippen LogP contribution in [0.15, 0.2) is 18.2 Å². The molecule has 4 heteroatoms. The Morgan fingerprint density at radius 1 is 1.30 bits per heavy atom. The summed E-state index contributed by atoms with van der Waals surface area (Å²) >= 11 is 6.66. The number of carbonyl (C=O) groups is 1. The Kier molecular flexibility index (Phi) is 2.92. The highest BCUT2D eigenvalue weighted by Crippen LogP contribution is 2.63. The van der Waals surface area contributed by atoms with Crippen molar-refractivity contribution in [3.05, 3.63) is 29.3 Å². The van der Waals surface area contributed by atoms with Gasteiger partial charge in [-0.2, -0.15) is 0 Å². The molecule has 1 N–H and O–H groups in total. The van der Waals surface area contributed by atoms with Crippen LogP contribution >= 0.6 is 11.6 Å². The molecular weight excluding hydrogens is 274 g/mol. The van der Waals surface area contributed by atoms with Crippen LogP contribution in [0.1, 0.15) is 40.6 Å². The molecule has 4 rings (SSSR count). The topological polar surface area (TPSA) is 38.3 Å². The Labute approximate surface area is 123 Å². The molecule has 0 aromatic heterocycles. The molecule has 0 radical (unpaired) electrons. The second-order valence-corrected chi connectivity index (χ2v) is 6.57. The van der Waals surface area contributed by atoms with Gasteiger partial charge in [0, 0.05) is 0 Å². The van der Waals surface area contributed by atoms with E-state index in [4.69, 9.17) is 16.3 Å². The number of rotatable bonds is 2. The summed E-state index contributed by atoms with van der Waals surface area (Å²) in [4.78, 5) is 12.0. The van der Waals surface area contributed by atoms with Crippen LogP contribution in [0, 0.1) is 17.8 Å². The van der Waals surface area contributed by atoms with E-state index in [9.17, 15) is 4.79 Å². The zero-order valence-corrected chi connectivity index (χ0v) is 12.0. The summed E-state index contributed by atoms with van der Waals surface area (Å²) in [5.74, 6) is 2.86. The number of ether oxygens (including phenoxy) is 1. The van der Waals surface area contributed by atoms with Crippen LogP contribution < -0.4 is 10.1 Å². The number of fused-ring (bicyclic) bond motifs is 2. The van der Waals surface area contributed by atoms with Gasteiger partial charge in [-0.25, -0.2) is 0 Å². The smallest absolute Gasteiger partial charge is 0.255 e. The first-order valence-corrected chi connectivity index (χ1v) is 7.88. The van der Waals surface area contributed by atoms with Gasteiger partial charge in [0.2, 0.25) is 0 Å². The number of benzene rings is 1. The van der Waals surface area contributed by atoms with Gasteiger partial charge in [0.15, 0.2) is 0 Å². The summed E-state index contributed by atoms with van der Waals surface area (Å²) in [6, 6.07) is 5.83.